The van der Waals surface area contributed by atoms with Crippen molar-refractivity contribution in [2.24, 2.45) is 7.05 Å². The van der Waals surface area contributed by atoms with E-state index in [2.05, 4.69) is 15.1 Å². The SMILES string of the molecule is Cn1ncc(CN2CCn3nc(C(O)CS(C)(=O)=O)cc3C2)c1C1CC1. The van der Waals surface area contributed by atoms with Crippen LogP contribution >= 0.6 is 0 Å². The average Bonchev–Trinajstić information content (AvgIpc) is 3.18. The molecule has 26 heavy (non-hydrogen) atoms. The third-order valence-electron chi connectivity index (χ3n) is 5.12. The average molecular weight is 379 g/mol. The molecule has 1 unspecified atom stereocenters. The van der Waals surface area contributed by atoms with Crippen molar-refractivity contribution in [2.75, 3.05) is 18.6 Å². The van der Waals surface area contributed by atoms with Crippen LogP contribution in [0.2, 0.25) is 0 Å². The molecule has 0 radical (unpaired) electrons. The second kappa shape index (κ2) is 6.47. The summed E-state index contributed by atoms with van der Waals surface area (Å²) in [5, 5.41) is 19.0. The number of hydrogen-bond acceptors (Lipinski definition) is 6. The lowest BCUT2D eigenvalue weighted by molar-refractivity contribution is 0.191. The molecule has 1 atom stereocenters. The molecule has 9 heteroatoms. The number of fused-ring (bicyclic) bond motifs is 1. The van der Waals surface area contributed by atoms with Gasteiger partial charge in [0.1, 0.15) is 15.9 Å². The van der Waals surface area contributed by atoms with Gasteiger partial charge >= 0.3 is 0 Å². The number of sulfone groups is 1. The molecule has 0 spiro atoms. The second-order valence-corrected chi connectivity index (χ2v) is 9.74. The van der Waals surface area contributed by atoms with Gasteiger partial charge in [0.2, 0.25) is 0 Å². The molecule has 3 heterocycles. The van der Waals surface area contributed by atoms with Crippen molar-refractivity contribution in [2.45, 2.75) is 44.5 Å². The summed E-state index contributed by atoms with van der Waals surface area (Å²) in [5.41, 5.74) is 4.09. The van der Waals surface area contributed by atoms with Crippen LogP contribution in [-0.2, 0) is 36.5 Å². The molecular formula is C17H25N5O3S. The molecule has 1 N–H and O–H groups in total. The Morgan fingerprint density at radius 3 is 2.81 bits per heavy atom. The Balaban J connectivity index is 1.46. The molecule has 0 aromatic carbocycles. The number of aryl methyl sites for hydroxylation is 1. The third kappa shape index (κ3) is 3.70. The van der Waals surface area contributed by atoms with Crippen molar-refractivity contribution in [1.82, 2.24) is 24.5 Å². The van der Waals surface area contributed by atoms with Crippen LogP contribution in [0.15, 0.2) is 12.3 Å². The Morgan fingerprint density at radius 2 is 2.12 bits per heavy atom. The summed E-state index contributed by atoms with van der Waals surface area (Å²) < 4.78 is 26.7. The molecule has 4 rings (SSSR count). The summed E-state index contributed by atoms with van der Waals surface area (Å²) in [4.78, 5) is 2.35. The van der Waals surface area contributed by atoms with Crippen LogP contribution in [-0.4, -0.2) is 56.5 Å². The van der Waals surface area contributed by atoms with Crippen molar-refractivity contribution in [3.63, 3.8) is 0 Å². The van der Waals surface area contributed by atoms with Gasteiger partial charge in [0.05, 0.1) is 29.9 Å². The predicted octanol–water partition coefficient (Wildman–Crippen LogP) is 0.588. The largest absolute Gasteiger partial charge is 0.386 e. The maximum atomic E-state index is 11.4. The van der Waals surface area contributed by atoms with Gasteiger partial charge in [-0.1, -0.05) is 0 Å². The highest BCUT2D eigenvalue weighted by Gasteiger charge is 2.30. The first-order valence-electron chi connectivity index (χ1n) is 8.95. The number of aliphatic hydroxyl groups excluding tert-OH is 1. The molecule has 0 saturated heterocycles. The quantitative estimate of drug-likeness (QED) is 0.790. The Labute approximate surface area is 153 Å². The molecule has 1 aliphatic carbocycles. The van der Waals surface area contributed by atoms with E-state index in [0.29, 0.717) is 11.6 Å². The fourth-order valence-corrected chi connectivity index (χ4v) is 4.50. The maximum Gasteiger partial charge on any atom is 0.150 e. The van der Waals surface area contributed by atoms with Gasteiger partial charge in [0.15, 0.2) is 0 Å². The van der Waals surface area contributed by atoms with Gasteiger partial charge in [-0.3, -0.25) is 14.3 Å². The Bertz CT molecular complexity index is 913. The molecule has 0 bridgehead atoms. The fraction of sp³-hybridized carbons (Fsp3) is 0.647. The van der Waals surface area contributed by atoms with E-state index in [1.165, 1.54) is 24.1 Å². The van der Waals surface area contributed by atoms with Crippen molar-refractivity contribution >= 4 is 9.84 Å². The van der Waals surface area contributed by atoms with E-state index >= 15 is 0 Å². The first-order chi connectivity index (χ1) is 12.3. The number of nitrogens with zero attached hydrogens (tertiary/aromatic N) is 5. The van der Waals surface area contributed by atoms with Crippen LogP contribution in [0.4, 0.5) is 0 Å². The number of aromatic nitrogens is 4. The van der Waals surface area contributed by atoms with Crippen molar-refractivity contribution < 1.29 is 13.5 Å². The minimum atomic E-state index is -3.25. The van der Waals surface area contributed by atoms with Gasteiger partial charge in [0.25, 0.3) is 0 Å². The normalized spacial score (nSPS) is 19.5. The van der Waals surface area contributed by atoms with Crippen LogP contribution in [0, 0.1) is 0 Å². The topological polar surface area (TPSA) is 93.2 Å². The highest BCUT2D eigenvalue weighted by atomic mass is 32.2. The molecule has 142 valence electrons. The van der Waals surface area contributed by atoms with Crippen molar-refractivity contribution in [3.8, 4) is 0 Å². The zero-order valence-corrected chi connectivity index (χ0v) is 16.0. The summed E-state index contributed by atoms with van der Waals surface area (Å²) >= 11 is 0. The Morgan fingerprint density at radius 1 is 1.35 bits per heavy atom. The predicted molar refractivity (Wildman–Crippen MR) is 96.2 cm³/mol. The van der Waals surface area contributed by atoms with Gasteiger partial charge in [0, 0.05) is 50.1 Å². The smallest absolute Gasteiger partial charge is 0.150 e. The lowest BCUT2D eigenvalue weighted by Gasteiger charge is -2.27. The van der Waals surface area contributed by atoms with Crippen LogP contribution < -0.4 is 0 Å². The number of rotatable bonds is 6. The van der Waals surface area contributed by atoms with E-state index in [1.807, 2.05) is 28.7 Å². The molecule has 2 aromatic rings. The van der Waals surface area contributed by atoms with E-state index < -0.39 is 15.9 Å². The summed E-state index contributed by atoms with van der Waals surface area (Å²) in [6.45, 7) is 3.19. The number of hydrogen-bond donors (Lipinski definition) is 1. The van der Waals surface area contributed by atoms with E-state index in [4.69, 9.17) is 0 Å². The molecule has 1 saturated carbocycles. The summed E-state index contributed by atoms with van der Waals surface area (Å²) in [6, 6.07) is 1.83. The summed E-state index contributed by atoms with van der Waals surface area (Å²) in [6.07, 6.45) is 4.53. The van der Waals surface area contributed by atoms with Gasteiger partial charge in [-0.25, -0.2) is 8.42 Å². The summed E-state index contributed by atoms with van der Waals surface area (Å²) in [5.74, 6) is 0.360. The molecule has 8 nitrogen and oxygen atoms in total. The van der Waals surface area contributed by atoms with Gasteiger partial charge in [-0.15, -0.1) is 0 Å². The molecule has 0 amide bonds. The first kappa shape index (κ1) is 17.7. The van der Waals surface area contributed by atoms with E-state index in [9.17, 15) is 13.5 Å². The van der Waals surface area contributed by atoms with E-state index in [-0.39, 0.29) is 5.75 Å². The Hall–Kier alpha value is -1.71. The van der Waals surface area contributed by atoms with Gasteiger partial charge in [-0.05, 0) is 18.9 Å². The fourth-order valence-electron chi connectivity index (χ4n) is 3.75. The van der Waals surface area contributed by atoms with Crippen molar-refractivity contribution in [1.29, 1.82) is 0 Å². The highest BCUT2D eigenvalue weighted by molar-refractivity contribution is 7.90. The molecule has 2 aliphatic rings. The lowest BCUT2D eigenvalue weighted by Crippen LogP contribution is -2.33. The summed E-state index contributed by atoms with van der Waals surface area (Å²) in [7, 11) is -1.24. The molecule has 1 fully saturated rings. The molecular weight excluding hydrogens is 354 g/mol. The number of aliphatic hydroxyl groups is 1. The van der Waals surface area contributed by atoms with Gasteiger partial charge in [-0.2, -0.15) is 10.2 Å². The van der Waals surface area contributed by atoms with Crippen LogP contribution in [0.1, 0.15) is 47.5 Å². The standard InChI is InChI=1S/C17H25N5O3S/c1-20-17(12-3-4-12)13(8-18-20)9-21-5-6-22-14(10-21)7-15(19-22)16(23)11-26(2,24)25/h7-8,12,16,23H,3-6,9-11H2,1-2H3. The van der Waals surface area contributed by atoms with Crippen LogP contribution in [0.25, 0.3) is 0 Å². The van der Waals surface area contributed by atoms with E-state index in [1.54, 1.807) is 0 Å². The van der Waals surface area contributed by atoms with Crippen LogP contribution in [0.5, 0.6) is 0 Å². The Kier molecular flexibility index (Phi) is 4.40. The second-order valence-electron chi connectivity index (χ2n) is 7.56. The highest BCUT2D eigenvalue weighted by Crippen LogP contribution is 2.41. The lowest BCUT2D eigenvalue weighted by atomic mass is 10.1. The first-order valence-corrected chi connectivity index (χ1v) is 11.0. The zero-order chi connectivity index (χ0) is 18.5. The van der Waals surface area contributed by atoms with Crippen molar-refractivity contribution in [3.05, 3.63) is 34.9 Å². The van der Waals surface area contributed by atoms with Gasteiger partial charge < -0.3 is 5.11 Å². The molecule has 2 aromatic heterocycles. The minimum Gasteiger partial charge on any atom is -0.386 e. The monoisotopic (exact) mass is 379 g/mol. The van der Waals surface area contributed by atoms with Crippen LogP contribution in [0.3, 0.4) is 0 Å². The minimum absolute atomic E-state index is 0.298. The molecule has 1 aliphatic heterocycles. The third-order valence-corrected chi connectivity index (χ3v) is 6.04. The maximum absolute atomic E-state index is 11.4. The van der Waals surface area contributed by atoms with E-state index in [0.717, 1.165) is 38.1 Å². The zero-order valence-electron chi connectivity index (χ0n) is 15.2.